The largest absolute Gasteiger partial charge is 0.450 e. The molecular weight excluding hydrogens is 350 g/mol. The van der Waals surface area contributed by atoms with Gasteiger partial charge in [0, 0.05) is 52.4 Å². The average Bonchev–Trinajstić information content (AvgIpc) is 2.70. The van der Waals surface area contributed by atoms with E-state index in [2.05, 4.69) is 25.1 Å². The van der Waals surface area contributed by atoms with E-state index >= 15 is 0 Å². The van der Waals surface area contributed by atoms with E-state index in [0.29, 0.717) is 50.1 Å². The zero-order valence-electron chi connectivity index (χ0n) is 15.9. The number of morpholine rings is 1. The Kier molecular flexibility index (Phi) is 6.88. The topological polar surface area (TPSA) is 109 Å². The number of aromatic nitrogens is 2. The summed E-state index contributed by atoms with van der Waals surface area (Å²) in [6.07, 6.45) is 1.26. The Balaban J connectivity index is 1.53. The SMILES string of the molecule is CCOC(=O)N1CCN(c2ncnc(NCCN3CCOCC3)c2N)CC1. The second-order valence-corrected chi connectivity index (χ2v) is 6.51. The minimum atomic E-state index is -0.265. The summed E-state index contributed by atoms with van der Waals surface area (Å²) in [7, 11) is 0. The van der Waals surface area contributed by atoms with Crippen molar-refractivity contribution < 1.29 is 14.3 Å². The van der Waals surface area contributed by atoms with Crippen molar-refractivity contribution >= 4 is 23.4 Å². The fourth-order valence-corrected chi connectivity index (χ4v) is 3.25. The minimum absolute atomic E-state index is 0.265. The lowest BCUT2D eigenvalue weighted by Crippen LogP contribution is -2.49. The van der Waals surface area contributed by atoms with Gasteiger partial charge in [-0.25, -0.2) is 14.8 Å². The number of hydrogen-bond donors (Lipinski definition) is 2. The molecule has 0 saturated carbocycles. The van der Waals surface area contributed by atoms with E-state index in [-0.39, 0.29) is 6.09 Å². The van der Waals surface area contributed by atoms with Crippen molar-refractivity contribution in [3.63, 3.8) is 0 Å². The van der Waals surface area contributed by atoms with Crippen LogP contribution in [0.1, 0.15) is 6.92 Å². The minimum Gasteiger partial charge on any atom is -0.450 e. The van der Waals surface area contributed by atoms with E-state index < -0.39 is 0 Å². The van der Waals surface area contributed by atoms with Crippen LogP contribution in [0.2, 0.25) is 0 Å². The molecule has 0 unspecified atom stereocenters. The van der Waals surface area contributed by atoms with E-state index in [4.69, 9.17) is 15.2 Å². The molecule has 1 aromatic rings. The van der Waals surface area contributed by atoms with Gasteiger partial charge in [-0.2, -0.15) is 0 Å². The van der Waals surface area contributed by atoms with E-state index in [9.17, 15) is 4.79 Å². The zero-order valence-corrected chi connectivity index (χ0v) is 15.9. The van der Waals surface area contributed by atoms with Crippen molar-refractivity contribution in [2.45, 2.75) is 6.92 Å². The van der Waals surface area contributed by atoms with Gasteiger partial charge in [0.1, 0.15) is 12.0 Å². The maximum Gasteiger partial charge on any atom is 0.409 e. The van der Waals surface area contributed by atoms with Crippen LogP contribution in [0.15, 0.2) is 6.33 Å². The van der Waals surface area contributed by atoms with E-state index in [1.807, 2.05) is 6.92 Å². The summed E-state index contributed by atoms with van der Waals surface area (Å²) in [6.45, 7) is 9.85. The van der Waals surface area contributed by atoms with Crippen LogP contribution in [0.4, 0.5) is 22.1 Å². The third kappa shape index (κ3) is 5.10. The lowest BCUT2D eigenvalue weighted by atomic mass is 10.3. The summed E-state index contributed by atoms with van der Waals surface area (Å²) >= 11 is 0. The number of nitrogens with two attached hydrogens (primary N) is 1. The molecule has 0 radical (unpaired) electrons. The van der Waals surface area contributed by atoms with Gasteiger partial charge in [-0.15, -0.1) is 0 Å². The number of carbonyl (C=O) groups is 1. The maximum absolute atomic E-state index is 11.8. The molecule has 2 saturated heterocycles. The molecule has 2 aliphatic rings. The number of amides is 1. The summed E-state index contributed by atoms with van der Waals surface area (Å²) in [5, 5.41) is 3.31. The molecule has 150 valence electrons. The van der Waals surface area contributed by atoms with Gasteiger partial charge in [0.25, 0.3) is 0 Å². The van der Waals surface area contributed by atoms with Crippen LogP contribution in [0, 0.1) is 0 Å². The van der Waals surface area contributed by atoms with E-state index in [1.54, 1.807) is 4.90 Å². The van der Waals surface area contributed by atoms with Crippen LogP contribution in [-0.4, -0.2) is 98.0 Å². The van der Waals surface area contributed by atoms with Crippen LogP contribution in [0.3, 0.4) is 0 Å². The van der Waals surface area contributed by atoms with E-state index in [1.165, 1.54) is 6.33 Å². The Hall–Kier alpha value is -2.33. The van der Waals surface area contributed by atoms with Gasteiger partial charge in [0.05, 0.1) is 19.8 Å². The van der Waals surface area contributed by atoms with Gasteiger partial charge in [0.2, 0.25) is 0 Å². The van der Waals surface area contributed by atoms with Crippen molar-refractivity contribution in [2.24, 2.45) is 0 Å². The van der Waals surface area contributed by atoms with Crippen molar-refractivity contribution in [2.75, 3.05) is 88.1 Å². The Morgan fingerprint density at radius 3 is 2.67 bits per heavy atom. The quantitative estimate of drug-likeness (QED) is 0.710. The van der Waals surface area contributed by atoms with Crippen molar-refractivity contribution in [1.82, 2.24) is 19.8 Å². The molecule has 3 N–H and O–H groups in total. The molecule has 3 heterocycles. The number of hydrogen-bond acceptors (Lipinski definition) is 9. The highest BCUT2D eigenvalue weighted by Crippen LogP contribution is 2.26. The lowest BCUT2D eigenvalue weighted by molar-refractivity contribution is 0.0398. The van der Waals surface area contributed by atoms with Crippen molar-refractivity contribution in [3.8, 4) is 0 Å². The molecule has 2 fully saturated rings. The summed E-state index contributed by atoms with van der Waals surface area (Å²) in [6, 6.07) is 0. The molecule has 0 aliphatic carbocycles. The van der Waals surface area contributed by atoms with Gasteiger partial charge in [-0.1, -0.05) is 0 Å². The second kappa shape index (κ2) is 9.56. The molecule has 0 bridgehead atoms. The first-order chi connectivity index (χ1) is 13.2. The lowest BCUT2D eigenvalue weighted by Gasteiger charge is -2.35. The predicted molar refractivity (Wildman–Crippen MR) is 103 cm³/mol. The fourth-order valence-electron chi connectivity index (χ4n) is 3.25. The molecule has 2 aliphatic heterocycles. The number of rotatable bonds is 6. The number of anilines is 3. The van der Waals surface area contributed by atoms with Crippen LogP contribution < -0.4 is 16.0 Å². The Morgan fingerprint density at radius 2 is 1.96 bits per heavy atom. The van der Waals surface area contributed by atoms with Gasteiger partial charge in [-0.05, 0) is 6.92 Å². The molecule has 10 heteroatoms. The first kappa shape index (κ1) is 19.4. The summed E-state index contributed by atoms with van der Waals surface area (Å²) < 4.78 is 10.4. The Morgan fingerprint density at radius 1 is 1.22 bits per heavy atom. The summed E-state index contributed by atoms with van der Waals surface area (Å²) in [4.78, 5) is 26.6. The van der Waals surface area contributed by atoms with E-state index in [0.717, 1.165) is 39.4 Å². The fraction of sp³-hybridized carbons (Fsp3) is 0.706. The van der Waals surface area contributed by atoms with Crippen LogP contribution in [-0.2, 0) is 9.47 Å². The Bertz CT molecular complexity index is 617. The highest BCUT2D eigenvalue weighted by Gasteiger charge is 2.24. The second-order valence-electron chi connectivity index (χ2n) is 6.51. The highest BCUT2D eigenvalue weighted by atomic mass is 16.6. The molecule has 0 spiro atoms. The number of ether oxygens (including phenoxy) is 2. The standard InChI is InChI=1S/C17H29N7O3/c1-2-27-17(25)24-7-5-23(6-8-24)16-14(18)15(20-13-21-16)19-3-4-22-9-11-26-12-10-22/h13H,2-12,18H2,1H3,(H,19,20,21). The molecular formula is C17H29N7O3. The smallest absolute Gasteiger partial charge is 0.409 e. The van der Waals surface area contributed by atoms with Crippen molar-refractivity contribution in [1.29, 1.82) is 0 Å². The first-order valence-corrected chi connectivity index (χ1v) is 9.50. The maximum atomic E-state index is 11.8. The average molecular weight is 379 g/mol. The zero-order chi connectivity index (χ0) is 19.1. The first-order valence-electron chi connectivity index (χ1n) is 9.50. The molecule has 1 aromatic heterocycles. The number of nitrogens with zero attached hydrogens (tertiary/aromatic N) is 5. The molecule has 3 rings (SSSR count). The van der Waals surface area contributed by atoms with Gasteiger partial charge < -0.3 is 30.3 Å². The summed E-state index contributed by atoms with van der Waals surface area (Å²) in [5.74, 6) is 1.36. The molecule has 0 atom stereocenters. The predicted octanol–water partition coefficient (Wildman–Crippen LogP) is 0.0814. The third-order valence-electron chi connectivity index (χ3n) is 4.79. The van der Waals surface area contributed by atoms with Crippen molar-refractivity contribution in [3.05, 3.63) is 6.33 Å². The Labute approximate surface area is 159 Å². The van der Waals surface area contributed by atoms with Gasteiger partial charge in [-0.3, -0.25) is 4.90 Å². The van der Waals surface area contributed by atoms with Crippen LogP contribution in [0.25, 0.3) is 0 Å². The molecule has 10 nitrogen and oxygen atoms in total. The summed E-state index contributed by atoms with van der Waals surface area (Å²) in [5.41, 5.74) is 6.85. The third-order valence-corrected chi connectivity index (χ3v) is 4.79. The highest BCUT2D eigenvalue weighted by molar-refractivity contribution is 5.75. The molecule has 27 heavy (non-hydrogen) atoms. The monoisotopic (exact) mass is 379 g/mol. The normalized spacial score (nSPS) is 18.4. The number of carbonyl (C=O) groups excluding carboxylic acids is 1. The number of nitrogen functional groups attached to an aromatic ring is 1. The van der Waals surface area contributed by atoms with Gasteiger partial charge >= 0.3 is 6.09 Å². The number of nitrogens with one attached hydrogen (secondary N) is 1. The number of piperazine rings is 1. The van der Waals surface area contributed by atoms with Gasteiger partial charge in [0.15, 0.2) is 11.6 Å². The van der Waals surface area contributed by atoms with Crippen LogP contribution in [0.5, 0.6) is 0 Å². The molecule has 0 aromatic carbocycles. The molecule has 1 amide bonds. The van der Waals surface area contributed by atoms with Crippen LogP contribution >= 0.6 is 0 Å².